The number of rotatable bonds is 5. The number of benzene rings is 3. The summed E-state index contributed by atoms with van der Waals surface area (Å²) in [5.74, 6) is 0.0844. The van der Waals surface area contributed by atoms with Crippen LogP contribution in [0.2, 0.25) is 0 Å². The molecule has 1 N–H and O–H groups in total. The smallest absolute Gasteiger partial charge is 0.271 e. The van der Waals surface area contributed by atoms with Gasteiger partial charge in [-0.1, -0.05) is 36.4 Å². The Kier molecular flexibility index (Phi) is 4.89. The van der Waals surface area contributed by atoms with E-state index in [0.29, 0.717) is 5.75 Å². The number of fused-ring (bicyclic) bond motifs is 1. The number of non-ortho nitro benzene ring substituents is 1. The van der Waals surface area contributed by atoms with Gasteiger partial charge in [0.15, 0.2) is 0 Å². The van der Waals surface area contributed by atoms with E-state index in [1.54, 1.807) is 7.11 Å². The number of carbonyl (C=O) groups is 1. The fourth-order valence-electron chi connectivity index (χ4n) is 2.57. The number of methoxy groups -OCH3 is 1. The molecule has 0 spiro atoms. The normalized spacial score (nSPS) is 10.8. The molecule has 0 saturated heterocycles. The molecule has 3 aromatic carbocycles. The first kappa shape index (κ1) is 17.1. The Balaban J connectivity index is 1.85. The van der Waals surface area contributed by atoms with Crippen molar-refractivity contribution in [2.45, 2.75) is 0 Å². The topological polar surface area (TPSA) is 93.8 Å². The van der Waals surface area contributed by atoms with Crippen LogP contribution in [0.3, 0.4) is 0 Å². The number of hydrogen-bond acceptors (Lipinski definition) is 5. The average molecular weight is 349 g/mol. The second kappa shape index (κ2) is 7.43. The predicted octanol–water partition coefficient (Wildman–Crippen LogP) is 3.52. The molecule has 1 amide bonds. The molecule has 0 atom stereocenters. The van der Waals surface area contributed by atoms with Gasteiger partial charge < -0.3 is 4.74 Å². The summed E-state index contributed by atoms with van der Waals surface area (Å²) in [5.41, 5.74) is 3.11. The summed E-state index contributed by atoms with van der Waals surface area (Å²) in [7, 11) is 1.56. The summed E-state index contributed by atoms with van der Waals surface area (Å²) < 4.78 is 5.36. The maximum atomic E-state index is 12.1. The molecule has 7 nitrogen and oxygen atoms in total. The zero-order valence-corrected chi connectivity index (χ0v) is 13.9. The number of nitrogens with zero attached hydrogens (tertiary/aromatic N) is 2. The number of hydrogen-bond donors (Lipinski definition) is 1. The molecule has 0 heterocycles. The van der Waals surface area contributed by atoms with Gasteiger partial charge in [0.2, 0.25) is 0 Å². The minimum absolute atomic E-state index is 0.154. The number of carbonyl (C=O) groups excluding carboxylic acids is 1. The molecule has 7 heteroatoms. The second-order valence-electron chi connectivity index (χ2n) is 5.41. The number of nitrogens with one attached hydrogen (secondary N) is 1. The lowest BCUT2D eigenvalue weighted by Crippen LogP contribution is -2.17. The highest BCUT2D eigenvalue weighted by Crippen LogP contribution is 2.26. The third-order valence-electron chi connectivity index (χ3n) is 3.83. The lowest BCUT2D eigenvalue weighted by atomic mass is 10.0. The number of amides is 1. The van der Waals surface area contributed by atoms with Gasteiger partial charge in [0.25, 0.3) is 11.6 Å². The largest absolute Gasteiger partial charge is 0.496 e. The quantitative estimate of drug-likeness (QED) is 0.433. The van der Waals surface area contributed by atoms with Crippen LogP contribution in [0.15, 0.2) is 65.8 Å². The van der Waals surface area contributed by atoms with Crippen molar-refractivity contribution in [1.29, 1.82) is 0 Å². The Morgan fingerprint density at radius 3 is 2.73 bits per heavy atom. The summed E-state index contributed by atoms with van der Waals surface area (Å²) in [5, 5.41) is 16.7. The molecular formula is C19H15N3O4. The molecule has 0 aliphatic heterocycles. The molecule has 26 heavy (non-hydrogen) atoms. The monoisotopic (exact) mass is 349 g/mol. The van der Waals surface area contributed by atoms with E-state index < -0.39 is 10.8 Å². The third kappa shape index (κ3) is 3.51. The van der Waals surface area contributed by atoms with E-state index >= 15 is 0 Å². The van der Waals surface area contributed by atoms with Gasteiger partial charge in [-0.25, -0.2) is 5.43 Å². The van der Waals surface area contributed by atoms with Crippen molar-refractivity contribution in [3.63, 3.8) is 0 Å². The zero-order valence-electron chi connectivity index (χ0n) is 13.9. The molecule has 0 aliphatic rings. The lowest BCUT2D eigenvalue weighted by molar-refractivity contribution is -0.384. The van der Waals surface area contributed by atoms with E-state index in [1.165, 1.54) is 30.5 Å². The average Bonchev–Trinajstić information content (AvgIpc) is 2.68. The fourth-order valence-corrected chi connectivity index (χ4v) is 2.57. The van der Waals surface area contributed by atoms with Crippen molar-refractivity contribution in [2.75, 3.05) is 7.11 Å². The van der Waals surface area contributed by atoms with Gasteiger partial charge >= 0.3 is 0 Å². The first-order valence-corrected chi connectivity index (χ1v) is 7.74. The Morgan fingerprint density at radius 1 is 1.15 bits per heavy atom. The molecule has 0 radical (unpaired) electrons. The number of nitro benzene ring substituents is 1. The first-order valence-electron chi connectivity index (χ1n) is 7.74. The summed E-state index contributed by atoms with van der Waals surface area (Å²) >= 11 is 0. The van der Waals surface area contributed by atoms with Crippen molar-refractivity contribution < 1.29 is 14.5 Å². The van der Waals surface area contributed by atoms with Gasteiger partial charge in [0, 0.05) is 23.3 Å². The second-order valence-corrected chi connectivity index (χ2v) is 5.41. The van der Waals surface area contributed by atoms with Crippen molar-refractivity contribution in [3.8, 4) is 5.75 Å². The minimum Gasteiger partial charge on any atom is -0.496 e. The van der Waals surface area contributed by atoms with Crippen LogP contribution in [0.4, 0.5) is 5.69 Å². The van der Waals surface area contributed by atoms with Gasteiger partial charge in [-0.05, 0) is 22.9 Å². The van der Waals surface area contributed by atoms with Crippen LogP contribution in [-0.2, 0) is 0 Å². The van der Waals surface area contributed by atoms with Crippen molar-refractivity contribution in [3.05, 3.63) is 81.9 Å². The van der Waals surface area contributed by atoms with Crippen LogP contribution in [0.1, 0.15) is 15.9 Å². The molecular weight excluding hydrogens is 334 g/mol. The highest BCUT2D eigenvalue weighted by molar-refractivity contribution is 6.03. The van der Waals surface area contributed by atoms with Gasteiger partial charge in [-0.3, -0.25) is 14.9 Å². The third-order valence-corrected chi connectivity index (χ3v) is 3.83. The summed E-state index contributed by atoms with van der Waals surface area (Å²) in [6.07, 6.45) is 1.50. The lowest BCUT2D eigenvalue weighted by Gasteiger charge is -2.08. The van der Waals surface area contributed by atoms with Crippen LogP contribution in [0, 0.1) is 10.1 Å². The van der Waals surface area contributed by atoms with E-state index in [9.17, 15) is 14.9 Å². The van der Waals surface area contributed by atoms with Crippen LogP contribution in [0.25, 0.3) is 10.8 Å². The molecule has 3 rings (SSSR count). The molecule has 0 saturated carbocycles. The Hall–Kier alpha value is -3.74. The van der Waals surface area contributed by atoms with Crippen molar-refractivity contribution in [2.24, 2.45) is 5.10 Å². The maximum absolute atomic E-state index is 12.1. The van der Waals surface area contributed by atoms with Gasteiger partial charge in [-0.2, -0.15) is 5.10 Å². The zero-order chi connectivity index (χ0) is 18.5. The first-order chi connectivity index (χ1) is 12.6. The van der Waals surface area contributed by atoms with Gasteiger partial charge in [0.1, 0.15) is 5.75 Å². The molecule has 0 bridgehead atoms. The fraction of sp³-hybridized carbons (Fsp3) is 0.0526. The van der Waals surface area contributed by atoms with Crippen LogP contribution in [-0.4, -0.2) is 24.2 Å². The van der Waals surface area contributed by atoms with Crippen molar-refractivity contribution in [1.82, 2.24) is 5.43 Å². The predicted molar refractivity (Wildman–Crippen MR) is 98.7 cm³/mol. The molecule has 0 aromatic heterocycles. The maximum Gasteiger partial charge on any atom is 0.271 e. The number of ether oxygens (including phenoxy) is 1. The highest BCUT2D eigenvalue weighted by Gasteiger charge is 2.11. The molecule has 130 valence electrons. The Labute approximate surface area is 149 Å². The van der Waals surface area contributed by atoms with E-state index in [0.717, 1.165) is 16.3 Å². The van der Waals surface area contributed by atoms with E-state index in [2.05, 4.69) is 10.5 Å². The van der Waals surface area contributed by atoms with E-state index in [4.69, 9.17) is 4.74 Å². The number of hydrazone groups is 1. The minimum atomic E-state index is -0.555. The van der Waals surface area contributed by atoms with E-state index in [1.807, 2.05) is 36.4 Å². The molecule has 3 aromatic rings. The van der Waals surface area contributed by atoms with E-state index in [-0.39, 0.29) is 11.3 Å². The standard InChI is InChI=1S/C19H15N3O4/c1-26-18-10-9-13-5-2-3-8-16(13)17(18)12-20-21-19(23)14-6-4-7-15(11-14)22(24)25/h2-12H,1H3,(H,21,23)/b20-12-. The van der Waals surface area contributed by atoms with Crippen LogP contribution in [0.5, 0.6) is 5.75 Å². The molecule has 0 fully saturated rings. The highest BCUT2D eigenvalue weighted by atomic mass is 16.6. The van der Waals surface area contributed by atoms with Gasteiger partial charge in [0.05, 0.1) is 18.2 Å². The summed E-state index contributed by atoms with van der Waals surface area (Å²) in [6, 6.07) is 16.9. The van der Waals surface area contributed by atoms with Gasteiger partial charge in [-0.15, -0.1) is 0 Å². The number of nitro groups is 1. The molecule has 0 aliphatic carbocycles. The summed E-state index contributed by atoms with van der Waals surface area (Å²) in [6.45, 7) is 0. The van der Waals surface area contributed by atoms with Crippen LogP contribution < -0.4 is 10.2 Å². The Bertz CT molecular complexity index is 1010. The Morgan fingerprint density at radius 2 is 1.96 bits per heavy atom. The summed E-state index contributed by atoms with van der Waals surface area (Å²) in [4.78, 5) is 22.4. The van der Waals surface area contributed by atoms with Crippen LogP contribution >= 0.6 is 0 Å². The van der Waals surface area contributed by atoms with Crippen molar-refractivity contribution >= 4 is 28.6 Å². The SMILES string of the molecule is COc1ccc2ccccc2c1/C=N\NC(=O)c1cccc([N+](=O)[O-])c1. The molecule has 0 unspecified atom stereocenters.